The Hall–Kier alpha value is -15.8. The molecule has 0 atom stereocenters. The minimum Gasteiger partial charge on any atom is -0.354 e. The van der Waals surface area contributed by atoms with Crippen molar-refractivity contribution in [2.75, 3.05) is 0 Å². The smallest absolute Gasteiger partial charge is 0.0541 e. The minimum atomic E-state index is 1.17. The number of benzene rings is 20. The highest BCUT2D eigenvalue weighted by molar-refractivity contribution is 6.27. The maximum atomic E-state index is 3.69. The third kappa shape index (κ3) is 10.6. The molecule has 0 radical (unpaired) electrons. The lowest BCUT2D eigenvalue weighted by molar-refractivity contribution is 1.18. The molecule has 118 heavy (non-hydrogen) atoms. The summed E-state index contributed by atoms with van der Waals surface area (Å²) in [5, 5.41) is 25.5. The molecule has 0 spiro atoms. The summed E-state index contributed by atoms with van der Waals surface area (Å²) in [6, 6.07) is 152. The van der Waals surface area contributed by atoms with Crippen molar-refractivity contribution in [3.63, 3.8) is 0 Å². The fraction of sp³-hybridized carbons (Fsp3) is 0. The van der Waals surface area contributed by atoms with E-state index >= 15 is 0 Å². The van der Waals surface area contributed by atoms with Crippen molar-refractivity contribution < 1.29 is 0 Å². The first-order chi connectivity index (χ1) is 58.5. The molecule has 6 nitrogen and oxygen atoms in total. The van der Waals surface area contributed by atoms with E-state index in [0.29, 0.717) is 0 Å². The number of nitrogens with zero attached hydrogens (tertiary/aromatic N) is 3. The highest BCUT2D eigenvalue weighted by Gasteiger charge is 2.23. The lowest BCUT2D eigenvalue weighted by atomic mass is 9.94. The van der Waals surface area contributed by atoms with Crippen LogP contribution in [-0.2, 0) is 0 Å². The van der Waals surface area contributed by atoms with Crippen molar-refractivity contribution in [1.82, 2.24) is 28.7 Å². The second kappa shape index (κ2) is 27.0. The van der Waals surface area contributed by atoms with Crippen molar-refractivity contribution in [3.8, 4) is 61.6 Å². The Morgan fingerprint density at radius 3 is 0.864 bits per heavy atom. The van der Waals surface area contributed by atoms with Gasteiger partial charge in [-0.05, 0) is 204 Å². The number of H-pyrrole nitrogens is 3. The molecule has 26 rings (SSSR count). The van der Waals surface area contributed by atoms with E-state index in [1.54, 1.807) is 0 Å². The summed E-state index contributed by atoms with van der Waals surface area (Å²) in [6.45, 7) is 0. The zero-order valence-electron chi connectivity index (χ0n) is 64.2. The summed E-state index contributed by atoms with van der Waals surface area (Å²) in [6.07, 6.45) is 0. The van der Waals surface area contributed by atoms with Gasteiger partial charge in [-0.15, -0.1) is 0 Å². The predicted molar refractivity (Wildman–Crippen MR) is 502 cm³/mol. The summed E-state index contributed by atoms with van der Waals surface area (Å²) >= 11 is 0. The molecular formula is C112H72N6. The number of aromatic nitrogens is 6. The van der Waals surface area contributed by atoms with E-state index in [1.807, 2.05) is 0 Å². The van der Waals surface area contributed by atoms with Crippen molar-refractivity contribution in [2.24, 2.45) is 0 Å². The molecule has 3 N–H and O–H groups in total. The fourth-order valence-electron chi connectivity index (χ4n) is 19.5. The van der Waals surface area contributed by atoms with Gasteiger partial charge in [0.1, 0.15) is 0 Å². The predicted octanol–water partition coefficient (Wildman–Crippen LogP) is 30.5. The quantitative estimate of drug-likeness (QED) is 0.142. The van der Waals surface area contributed by atoms with Crippen LogP contribution in [0.15, 0.2) is 419 Å². The maximum absolute atomic E-state index is 3.69. The number of hydrogen-bond donors (Lipinski definition) is 3. The van der Waals surface area contributed by atoms with E-state index in [2.05, 4.69) is 447 Å². The summed E-state index contributed by atoms with van der Waals surface area (Å²) in [5.74, 6) is 0. The molecule has 20 aromatic carbocycles. The van der Waals surface area contributed by atoms with Gasteiger partial charge in [-0.3, -0.25) is 0 Å². The number of rotatable bonds is 7. The van der Waals surface area contributed by atoms with E-state index in [1.165, 1.54) is 235 Å². The van der Waals surface area contributed by atoms with Gasteiger partial charge < -0.3 is 28.7 Å². The van der Waals surface area contributed by atoms with Gasteiger partial charge in [0.05, 0.1) is 38.8 Å². The topological polar surface area (TPSA) is 62.2 Å². The van der Waals surface area contributed by atoms with Crippen LogP contribution >= 0.6 is 0 Å². The van der Waals surface area contributed by atoms with Gasteiger partial charge in [-0.25, -0.2) is 0 Å². The van der Waals surface area contributed by atoms with Crippen LogP contribution in [0.2, 0.25) is 0 Å². The summed E-state index contributed by atoms with van der Waals surface area (Å²) < 4.78 is 7.19. The Balaban J connectivity index is 0.000000101. The van der Waals surface area contributed by atoms with Crippen molar-refractivity contribution >= 4 is 174 Å². The zero-order chi connectivity index (χ0) is 77.5. The molecule has 0 saturated heterocycles. The van der Waals surface area contributed by atoms with Crippen LogP contribution in [0.25, 0.3) is 235 Å². The van der Waals surface area contributed by atoms with Crippen LogP contribution < -0.4 is 0 Å². The maximum Gasteiger partial charge on any atom is 0.0541 e. The van der Waals surface area contributed by atoms with Crippen molar-refractivity contribution in [3.05, 3.63) is 419 Å². The molecule has 6 heteroatoms. The molecule has 0 aliphatic carbocycles. The fourth-order valence-corrected chi connectivity index (χ4v) is 19.5. The third-order valence-electron chi connectivity index (χ3n) is 24.7. The molecule has 0 saturated carbocycles. The molecule has 0 aliphatic heterocycles. The second-order valence-corrected chi connectivity index (χ2v) is 31.2. The molecule has 26 aromatic rings. The molecule has 6 aromatic heterocycles. The van der Waals surface area contributed by atoms with Gasteiger partial charge >= 0.3 is 0 Å². The Kier molecular flexibility index (Phi) is 15.3. The van der Waals surface area contributed by atoms with Crippen LogP contribution in [0.1, 0.15) is 0 Å². The summed E-state index contributed by atoms with van der Waals surface area (Å²) in [5.41, 5.74) is 27.8. The Morgan fingerprint density at radius 1 is 0.153 bits per heavy atom. The summed E-state index contributed by atoms with van der Waals surface area (Å²) in [4.78, 5) is 11.0. The molecule has 6 heterocycles. The van der Waals surface area contributed by atoms with E-state index < -0.39 is 0 Å². The lowest BCUT2D eigenvalue weighted by Crippen LogP contribution is -1.95. The van der Waals surface area contributed by atoms with Gasteiger partial charge in [0.15, 0.2) is 0 Å². The van der Waals surface area contributed by atoms with Crippen molar-refractivity contribution in [2.45, 2.75) is 0 Å². The second-order valence-electron chi connectivity index (χ2n) is 31.2. The van der Waals surface area contributed by atoms with Crippen LogP contribution in [0.4, 0.5) is 0 Å². The van der Waals surface area contributed by atoms with Gasteiger partial charge in [0, 0.05) is 114 Å². The number of para-hydroxylation sites is 7. The van der Waals surface area contributed by atoms with Gasteiger partial charge in [-0.1, -0.05) is 297 Å². The average molecular weight is 1500 g/mol. The van der Waals surface area contributed by atoms with E-state index in [-0.39, 0.29) is 0 Å². The zero-order valence-corrected chi connectivity index (χ0v) is 64.2. The highest BCUT2D eigenvalue weighted by atomic mass is 15.0. The van der Waals surface area contributed by atoms with E-state index in [9.17, 15) is 0 Å². The molecular weight excluding hydrogens is 1430 g/mol. The summed E-state index contributed by atoms with van der Waals surface area (Å²) in [7, 11) is 0. The first kappa shape index (κ1) is 66.8. The number of fused-ring (bicyclic) bond motifs is 25. The molecule has 0 unspecified atom stereocenters. The Labute approximate surface area is 678 Å². The van der Waals surface area contributed by atoms with Gasteiger partial charge in [-0.2, -0.15) is 0 Å². The highest BCUT2D eigenvalue weighted by Crippen LogP contribution is 2.47. The first-order valence-electron chi connectivity index (χ1n) is 40.6. The molecule has 0 aliphatic rings. The largest absolute Gasteiger partial charge is 0.354 e. The molecule has 550 valence electrons. The van der Waals surface area contributed by atoms with Gasteiger partial charge in [0.2, 0.25) is 0 Å². The van der Waals surface area contributed by atoms with Crippen LogP contribution in [-0.4, -0.2) is 28.7 Å². The number of hydrogen-bond acceptors (Lipinski definition) is 0. The molecule has 0 fully saturated rings. The van der Waals surface area contributed by atoms with Crippen molar-refractivity contribution in [1.29, 1.82) is 0 Å². The average Bonchev–Trinajstić information content (AvgIpc) is 1.57. The number of nitrogens with one attached hydrogen (secondary N) is 3. The minimum absolute atomic E-state index is 1.17. The normalized spacial score (nSPS) is 11.9. The van der Waals surface area contributed by atoms with Crippen LogP contribution in [0, 0.1) is 0 Å². The SMILES string of the molecule is c1ccc(-c2ccc(-n3c4ccccc4c4cc(-c5cc6[nH]c7ccccc7c6c6ccccc56)ccc43)cc2)cc1.c1ccc(-n2c3ccccc3c3cc(-c4cc5[nH]c6ccccc6c5c5ccccc45)ccc32)cc1.c1ccc2c(-n3c4ccccc4c4cc(-c5cc6[nH]c7ccccc7c6c6ccccc56)ccc43)cccc2c1. The monoisotopic (exact) mass is 1500 g/mol. The van der Waals surface area contributed by atoms with Gasteiger partial charge in [0.25, 0.3) is 0 Å². The standard InChI is InChI=1S/C40H26N2.C38H24N2.C34H22N2/c1-2-10-26(11-3-1)27-18-21-29(22-19-27)42-38-17-9-7-13-31(38)35-24-28(20-23-39(35)42)34-25-37-40(32-14-5-4-12-30(32)34)33-15-6-8-16-36(33)41-37;1-2-12-26-24(10-1)11-9-19-35(26)40-36-18-8-6-14-28(36)32-22-25(20-21-37(32)40)31-23-34-38(29-15-4-3-13-27(29)31)30-16-5-7-17-33(30)39-34;1-2-10-23(11-3-1)36-32-17-9-7-13-25(32)29-20-22(18-19-33(29)36)28-21-31-34(26-14-5-4-12-24(26)28)27-15-6-8-16-30(27)35-31/h1-25,41H;1-23,39H;1-21,35H. The number of aromatic amines is 3. The third-order valence-corrected chi connectivity index (χ3v) is 24.7. The Morgan fingerprint density at radius 2 is 0.441 bits per heavy atom. The van der Waals surface area contributed by atoms with Crippen LogP contribution in [0.3, 0.4) is 0 Å². The molecule has 0 bridgehead atoms. The first-order valence-corrected chi connectivity index (χ1v) is 40.6. The van der Waals surface area contributed by atoms with Crippen LogP contribution in [0.5, 0.6) is 0 Å². The van der Waals surface area contributed by atoms with E-state index in [4.69, 9.17) is 0 Å². The van der Waals surface area contributed by atoms with E-state index in [0.717, 1.165) is 0 Å². The lowest BCUT2D eigenvalue weighted by Gasteiger charge is -2.12. The Bertz CT molecular complexity index is 8550. The molecule has 0 amide bonds.